The first kappa shape index (κ1) is 12.2. The molecule has 2 atom stereocenters. The number of fused-ring (bicyclic) bond motifs is 1. The van der Waals surface area contributed by atoms with Crippen LogP contribution in [0, 0.1) is 0 Å². The van der Waals surface area contributed by atoms with Gasteiger partial charge in [0, 0.05) is 12.5 Å². The fourth-order valence-electron chi connectivity index (χ4n) is 2.71. The number of methoxy groups -OCH3 is 1. The zero-order valence-electron chi connectivity index (χ0n) is 11.3. The molecular formula is C14H22NO2+. The van der Waals surface area contributed by atoms with Crippen molar-refractivity contribution in [2.45, 2.75) is 32.4 Å². The van der Waals surface area contributed by atoms with E-state index in [1.54, 1.807) is 13.2 Å². The minimum atomic E-state index is 0.305. The van der Waals surface area contributed by atoms with Gasteiger partial charge in [0.1, 0.15) is 17.5 Å². The molecule has 0 fully saturated rings. The van der Waals surface area contributed by atoms with E-state index in [4.69, 9.17) is 4.74 Å². The zero-order chi connectivity index (χ0) is 12.8. The van der Waals surface area contributed by atoms with Crippen molar-refractivity contribution in [3.05, 3.63) is 23.3 Å². The maximum absolute atomic E-state index is 10.2. The second-order valence-corrected chi connectivity index (χ2v) is 5.58. The molecule has 0 amide bonds. The summed E-state index contributed by atoms with van der Waals surface area (Å²) in [5.74, 6) is 1.11. The molecule has 0 saturated heterocycles. The summed E-state index contributed by atoms with van der Waals surface area (Å²) in [6, 6.07) is 4.62. The molecule has 3 heteroatoms. The highest BCUT2D eigenvalue weighted by atomic mass is 16.5. The second-order valence-electron chi connectivity index (χ2n) is 5.58. The van der Waals surface area contributed by atoms with Gasteiger partial charge in [-0.25, -0.2) is 0 Å². The fraction of sp³-hybridized carbons (Fsp3) is 0.571. The third-order valence-corrected chi connectivity index (χ3v) is 4.52. The molecule has 1 aliphatic heterocycles. The number of hydrogen-bond acceptors (Lipinski definition) is 2. The van der Waals surface area contributed by atoms with Crippen molar-refractivity contribution < 1.29 is 14.3 Å². The Morgan fingerprint density at radius 1 is 1.29 bits per heavy atom. The van der Waals surface area contributed by atoms with Crippen molar-refractivity contribution in [2.75, 3.05) is 21.2 Å². The van der Waals surface area contributed by atoms with E-state index >= 15 is 0 Å². The standard InChI is InChI=1S/C14H21NO2/c1-9-6-11-7-12(17-5)8-13(16)14(11)10(2)15(9,3)4/h7-10H,6H2,1-5H3/p+1/t9-,10-/m1/s1. The lowest BCUT2D eigenvalue weighted by Crippen LogP contribution is -2.52. The van der Waals surface area contributed by atoms with E-state index in [1.807, 2.05) is 0 Å². The van der Waals surface area contributed by atoms with Gasteiger partial charge in [0.2, 0.25) is 0 Å². The molecule has 94 valence electrons. The van der Waals surface area contributed by atoms with Crippen molar-refractivity contribution in [3.8, 4) is 11.5 Å². The maximum atomic E-state index is 10.2. The number of hydrogen-bond donors (Lipinski definition) is 1. The number of quaternary nitrogens is 1. The van der Waals surface area contributed by atoms with Gasteiger partial charge in [0.05, 0.1) is 32.8 Å². The van der Waals surface area contributed by atoms with E-state index < -0.39 is 0 Å². The minimum Gasteiger partial charge on any atom is -0.507 e. The Hall–Kier alpha value is -1.22. The second kappa shape index (κ2) is 3.91. The average Bonchev–Trinajstić information content (AvgIpc) is 2.26. The number of benzene rings is 1. The predicted molar refractivity (Wildman–Crippen MR) is 68.3 cm³/mol. The summed E-state index contributed by atoms with van der Waals surface area (Å²) in [5, 5.41) is 10.2. The molecule has 1 aromatic rings. The largest absolute Gasteiger partial charge is 0.507 e. The van der Waals surface area contributed by atoms with Gasteiger partial charge in [0.15, 0.2) is 0 Å². The average molecular weight is 236 g/mol. The number of nitrogens with zero attached hydrogens (tertiary/aromatic N) is 1. The van der Waals surface area contributed by atoms with Crippen LogP contribution in [0.3, 0.4) is 0 Å². The Morgan fingerprint density at radius 2 is 1.94 bits per heavy atom. The monoisotopic (exact) mass is 236 g/mol. The molecule has 0 bridgehead atoms. The van der Waals surface area contributed by atoms with Gasteiger partial charge < -0.3 is 14.3 Å². The third-order valence-electron chi connectivity index (χ3n) is 4.52. The lowest BCUT2D eigenvalue weighted by Gasteiger charge is -2.46. The highest BCUT2D eigenvalue weighted by molar-refractivity contribution is 5.48. The number of likely N-dealkylation sites (N-methyl/N-ethyl adjacent to an activating group) is 1. The van der Waals surface area contributed by atoms with E-state index in [-0.39, 0.29) is 0 Å². The van der Waals surface area contributed by atoms with Crippen LogP contribution in [-0.2, 0) is 6.42 Å². The quantitative estimate of drug-likeness (QED) is 0.759. The Balaban J connectivity index is 2.57. The van der Waals surface area contributed by atoms with E-state index in [0.717, 1.165) is 22.2 Å². The van der Waals surface area contributed by atoms with Gasteiger partial charge in [-0.15, -0.1) is 0 Å². The summed E-state index contributed by atoms with van der Waals surface area (Å²) >= 11 is 0. The predicted octanol–water partition coefficient (Wildman–Crippen LogP) is 2.48. The number of aromatic hydroxyl groups is 1. The van der Waals surface area contributed by atoms with Crippen LogP contribution in [-0.4, -0.2) is 36.8 Å². The number of phenolic OH excluding ortho intramolecular Hbond substituents is 1. The van der Waals surface area contributed by atoms with Gasteiger partial charge in [-0.05, 0) is 25.5 Å². The van der Waals surface area contributed by atoms with Crippen LogP contribution in [0.1, 0.15) is 31.0 Å². The van der Waals surface area contributed by atoms with Gasteiger partial charge in [0.25, 0.3) is 0 Å². The molecule has 0 aromatic heterocycles. The smallest absolute Gasteiger partial charge is 0.128 e. The van der Waals surface area contributed by atoms with Gasteiger partial charge in [-0.2, -0.15) is 0 Å². The first-order valence-corrected chi connectivity index (χ1v) is 6.11. The highest BCUT2D eigenvalue weighted by Gasteiger charge is 2.39. The van der Waals surface area contributed by atoms with Gasteiger partial charge in [-0.1, -0.05) is 0 Å². The molecule has 17 heavy (non-hydrogen) atoms. The molecule has 0 spiro atoms. The molecule has 1 heterocycles. The molecule has 1 N–H and O–H groups in total. The maximum Gasteiger partial charge on any atom is 0.128 e. The first-order chi connectivity index (χ1) is 7.87. The molecule has 0 unspecified atom stereocenters. The summed E-state index contributed by atoms with van der Waals surface area (Å²) in [6.45, 7) is 4.44. The summed E-state index contributed by atoms with van der Waals surface area (Å²) in [6.07, 6.45) is 0.984. The summed E-state index contributed by atoms with van der Waals surface area (Å²) in [5.41, 5.74) is 2.30. The van der Waals surface area contributed by atoms with Crippen molar-refractivity contribution in [1.82, 2.24) is 0 Å². The molecule has 1 aromatic carbocycles. The Bertz CT molecular complexity index is 440. The van der Waals surface area contributed by atoms with Crippen LogP contribution in [0.15, 0.2) is 12.1 Å². The molecular weight excluding hydrogens is 214 g/mol. The Labute approximate surface area is 103 Å². The lowest BCUT2D eigenvalue weighted by atomic mass is 9.87. The molecule has 0 aliphatic carbocycles. The molecule has 3 nitrogen and oxygen atoms in total. The van der Waals surface area contributed by atoms with Crippen LogP contribution in [0.2, 0.25) is 0 Å². The van der Waals surface area contributed by atoms with E-state index in [1.165, 1.54) is 5.56 Å². The SMILES string of the molecule is COc1cc(O)c2c(c1)C[C@@H](C)[N+](C)(C)[C@@H]2C. The highest BCUT2D eigenvalue weighted by Crippen LogP contribution is 2.42. The summed E-state index contributed by atoms with van der Waals surface area (Å²) in [4.78, 5) is 0. The number of phenols is 1. The van der Waals surface area contributed by atoms with Crippen LogP contribution in [0.5, 0.6) is 11.5 Å². The Morgan fingerprint density at radius 3 is 2.53 bits per heavy atom. The van der Waals surface area contributed by atoms with E-state index in [0.29, 0.717) is 17.8 Å². The van der Waals surface area contributed by atoms with Crippen molar-refractivity contribution in [2.24, 2.45) is 0 Å². The number of ether oxygens (including phenoxy) is 1. The van der Waals surface area contributed by atoms with Crippen LogP contribution in [0.25, 0.3) is 0 Å². The van der Waals surface area contributed by atoms with Gasteiger partial charge >= 0.3 is 0 Å². The van der Waals surface area contributed by atoms with E-state index in [2.05, 4.69) is 34.0 Å². The fourth-order valence-corrected chi connectivity index (χ4v) is 2.71. The lowest BCUT2D eigenvalue weighted by molar-refractivity contribution is -0.943. The normalized spacial score (nSPS) is 26.4. The van der Waals surface area contributed by atoms with Crippen LogP contribution < -0.4 is 4.74 Å². The minimum absolute atomic E-state index is 0.305. The molecule has 1 aliphatic rings. The zero-order valence-corrected chi connectivity index (χ0v) is 11.3. The number of rotatable bonds is 1. The van der Waals surface area contributed by atoms with E-state index in [9.17, 15) is 5.11 Å². The van der Waals surface area contributed by atoms with Crippen LogP contribution >= 0.6 is 0 Å². The van der Waals surface area contributed by atoms with Crippen molar-refractivity contribution in [1.29, 1.82) is 0 Å². The van der Waals surface area contributed by atoms with Crippen molar-refractivity contribution >= 4 is 0 Å². The third kappa shape index (κ3) is 1.78. The van der Waals surface area contributed by atoms with Crippen molar-refractivity contribution in [3.63, 3.8) is 0 Å². The molecule has 0 saturated carbocycles. The topological polar surface area (TPSA) is 29.5 Å². The summed E-state index contributed by atoms with van der Waals surface area (Å²) < 4.78 is 6.13. The summed E-state index contributed by atoms with van der Waals surface area (Å²) in [7, 11) is 6.08. The molecule has 0 radical (unpaired) electrons. The molecule has 2 rings (SSSR count). The van der Waals surface area contributed by atoms with Crippen LogP contribution in [0.4, 0.5) is 0 Å². The Kier molecular flexibility index (Phi) is 2.82. The first-order valence-electron chi connectivity index (χ1n) is 6.11. The van der Waals surface area contributed by atoms with Gasteiger partial charge in [-0.3, -0.25) is 0 Å².